The van der Waals surface area contributed by atoms with Gasteiger partial charge in [-0.25, -0.2) is 4.39 Å². The van der Waals surface area contributed by atoms with Crippen LogP contribution in [0.5, 0.6) is 11.5 Å². The molecule has 5 heteroatoms. The van der Waals surface area contributed by atoms with Gasteiger partial charge in [-0.2, -0.15) is 0 Å². The molecule has 0 fully saturated rings. The lowest BCUT2D eigenvalue weighted by molar-refractivity contribution is 0.466. The maximum absolute atomic E-state index is 13.6. The van der Waals surface area contributed by atoms with Crippen molar-refractivity contribution >= 4 is 11.6 Å². The second kappa shape index (κ2) is 5.55. The van der Waals surface area contributed by atoms with E-state index < -0.39 is 0 Å². The Balaban J connectivity index is 2.41. The molecule has 2 rings (SSSR count). The molecule has 2 aromatic rings. The smallest absolute Gasteiger partial charge is 0.147 e. The van der Waals surface area contributed by atoms with Gasteiger partial charge in [-0.15, -0.1) is 0 Å². The van der Waals surface area contributed by atoms with Gasteiger partial charge in [-0.1, -0.05) is 11.6 Å². The van der Waals surface area contributed by atoms with Gasteiger partial charge in [0.25, 0.3) is 0 Å². The first kappa shape index (κ1) is 13.8. The minimum absolute atomic E-state index is 0.302. The van der Waals surface area contributed by atoms with Gasteiger partial charge in [0, 0.05) is 23.9 Å². The van der Waals surface area contributed by atoms with Gasteiger partial charge in [-0.05, 0) is 31.5 Å². The van der Waals surface area contributed by atoms with Gasteiger partial charge in [0.15, 0.2) is 0 Å². The van der Waals surface area contributed by atoms with Crippen LogP contribution < -0.4 is 10.5 Å². The van der Waals surface area contributed by atoms with Gasteiger partial charge >= 0.3 is 0 Å². The monoisotopic (exact) mass is 280 g/mol. The zero-order chi connectivity index (χ0) is 14.0. The number of rotatable bonds is 3. The van der Waals surface area contributed by atoms with Crippen LogP contribution in [0.3, 0.4) is 0 Å². The molecular weight excluding hydrogens is 267 g/mol. The summed E-state index contributed by atoms with van der Waals surface area (Å²) < 4.78 is 19.3. The lowest BCUT2D eigenvalue weighted by Crippen LogP contribution is -2.08. The van der Waals surface area contributed by atoms with Crippen LogP contribution in [0, 0.1) is 12.7 Å². The first-order valence-corrected chi connectivity index (χ1v) is 6.19. The van der Waals surface area contributed by atoms with Gasteiger partial charge in [0.1, 0.15) is 17.3 Å². The normalized spacial score (nSPS) is 12.3. The van der Waals surface area contributed by atoms with Crippen LogP contribution in [-0.4, -0.2) is 4.98 Å². The molecule has 19 heavy (non-hydrogen) atoms. The van der Waals surface area contributed by atoms with Crippen molar-refractivity contribution in [3.8, 4) is 11.5 Å². The average molecular weight is 281 g/mol. The molecule has 0 bridgehead atoms. The minimum atomic E-state index is -0.336. The molecule has 0 spiro atoms. The SMILES string of the molecule is Cc1cc(Oc2cncc(Cl)c2)c([C@H](C)N)cc1F. The molecule has 0 aliphatic rings. The fourth-order valence-electron chi connectivity index (χ4n) is 1.69. The standard InChI is InChI=1S/C14H14ClFN2O/c1-8-3-14(12(9(2)17)5-13(8)16)19-11-4-10(15)6-18-7-11/h3-7,9H,17H2,1-2H3/t9-/m0/s1. The second-order valence-corrected chi connectivity index (χ2v) is 4.81. The van der Waals surface area contributed by atoms with E-state index in [1.54, 1.807) is 26.0 Å². The summed E-state index contributed by atoms with van der Waals surface area (Å²) in [5.74, 6) is 0.697. The highest BCUT2D eigenvalue weighted by molar-refractivity contribution is 6.30. The van der Waals surface area contributed by atoms with E-state index in [1.807, 2.05) is 0 Å². The molecule has 0 amide bonds. The molecular formula is C14H14ClFN2O. The summed E-state index contributed by atoms with van der Waals surface area (Å²) in [5.41, 5.74) is 6.92. The van der Waals surface area contributed by atoms with Gasteiger partial charge in [-0.3, -0.25) is 4.98 Å². The van der Waals surface area contributed by atoms with E-state index in [0.717, 1.165) is 0 Å². The quantitative estimate of drug-likeness (QED) is 0.924. The van der Waals surface area contributed by atoms with Crippen molar-refractivity contribution in [1.29, 1.82) is 0 Å². The van der Waals surface area contributed by atoms with Crippen molar-refractivity contribution in [2.24, 2.45) is 5.73 Å². The number of halogens is 2. The molecule has 0 saturated carbocycles. The van der Waals surface area contributed by atoms with E-state index in [0.29, 0.717) is 27.6 Å². The third kappa shape index (κ3) is 3.22. The molecule has 1 aromatic heterocycles. The third-order valence-corrected chi connectivity index (χ3v) is 2.90. The Bertz CT molecular complexity index is 602. The Morgan fingerprint density at radius 2 is 2.05 bits per heavy atom. The van der Waals surface area contributed by atoms with Crippen molar-refractivity contribution < 1.29 is 9.13 Å². The predicted octanol–water partition coefficient (Wildman–Crippen LogP) is 3.99. The number of pyridine rings is 1. The first-order chi connectivity index (χ1) is 8.97. The Morgan fingerprint density at radius 1 is 1.32 bits per heavy atom. The van der Waals surface area contributed by atoms with Crippen molar-refractivity contribution in [3.05, 3.63) is 52.6 Å². The third-order valence-electron chi connectivity index (χ3n) is 2.69. The fourth-order valence-corrected chi connectivity index (χ4v) is 1.85. The Hall–Kier alpha value is -1.65. The highest BCUT2D eigenvalue weighted by atomic mass is 35.5. The Labute approximate surface area is 116 Å². The molecule has 0 aliphatic heterocycles. The summed E-state index contributed by atoms with van der Waals surface area (Å²) in [6.07, 6.45) is 3.05. The molecule has 1 aromatic carbocycles. The number of nitrogens with two attached hydrogens (primary N) is 1. The largest absolute Gasteiger partial charge is 0.455 e. The first-order valence-electron chi connectivity index (χ1n) is 5.81. The molecule has 0 aliphatic carbocycles. The number of aromatic nitrogens is 1. The number of aryl methyl sites for hydroxylation is 1. The molecule has 100 valence electrons. The van der Waals surface area contributed by atoms with Crippen LogP contribution in [0.4, 0.5) is 4.39 Å². The Morgan fingerprint density at radius 3 is 2.68 bits per heavy atom. The zero-order valence-electron chi connectivity index (χ0n) is 10.7. The van der Waals surface area contributed by atoms with Crippen LogP contribution in [-0.2, 0) is 0 Å². The summed E-state index contributed by atoms with van der Waals surface area (Å²) in [5, 5.41) is 0.471. The van der Waals surface area contributed by atoms with Crippen LogP contribution in [0.15, 0.2) is 30.6 Å². The van der Waals surface area contributed by atoms with Gasteiger partial charge < -0.3 is 10.5 Å². The Kier molecular flexibility index (Phi) is 4.02. The molecule has 3 nitrogen and oxygen atoms in total. The predicted molar refractivity (Wildman–Crippen MR) is 73.1 cm³/mol. The van der Waals surface area contributed by atoms with Crippen LogP contribution in [0.1, 0.15) is 24.1 Å². The lowest BCUT2D eigenvalue weighted by Gasteiger charge is -2.15. The van der Waals surface area contributed by atoms with E-state index in [9.17, 15) is 4.39 Å². The molecule has 0 radical (unpaired) electrons. The highest BCUT2D eigenvalue weighted by Gasteiger charge is 2.13. The topological polar surface area (TPSA) is 48.1 Å². The van der Waals surface area contributed by atoms with Gasteiger partial charge in [0.05, 0.1) is 11.2 Å². The number of ether oxygens (including phenoxy) is 1. The summed E-state index contributed by atoms with van der Waals surface area (Å²) >= 11 is 5.84. The maximum atomic E-state index is 13.6. The van der Waals surface area contributed by atoms with E-state index in [-0.39, 0.29) is 11.9 Å². The van der Waals surface area contributed by atoms with E-state index in [2.05, 4.69) is 4.98 Å². The fraction of sp³-hybridized carbons (Fsp3) is 0.214. The summed E-state index contributed by atoms with van der Waals surface area (Å²) in [6, 6.07) is 4.32. The van der Waals surface area contributed by atoms with Crippen molar-refractivity contribution in [2.45, 2.75) is 19.9 Å². The molecule has 0 unspecified atom stereocenters. The van der Waals surface area contributed by atoms with Crippen molar-refractivity contribution in [1.82, 2.24) is 4.98 Å². The van der Waals surface area contributed by atoms with Crippen LogP contribution >= 0.6 is 11.6 Å². The van der Waals surface area contributed by atoms with E-state index in [4.69, 9.17) is 22.1 Å². The van der Waals surface area contributed by atoms with Crippen molar-refractivity contribution in [3.63, 3.8) is 0 Å². The number of nitrogens with zero attached hydrogens (tertiary/aromatic N) is 1. The van der Waals surface area contributed by atoms with E-state index in [1.165, 1.54) is 18.5 Å². The number of hydrogen-bond acceptors (Lipinski definition) is 3. The summed E-state index contributed by atoms with van der Waals surface area (Å²) in [4.78, 5) is 3.93. The van der Waals surface area contributed by atoms with Gasteiger partial charge in [0.2, 0.25) is 0 Å². The summed E-state index contributed by atoms with van der Waals surface area (Å²) in [7, 11) is 0. The second-order valence-electron chi connectivity index (χ2n) is 4.37. The van der Waals surface area contributed by atoms with Crippen LogP contribution in [0.25, 0.3) is 0 Å². The molecule has 1 atom stereocenters. The molecule has 0 saturated heterocycles. The van der Waals surface area contributed by atoms with E-state index >= 15 is 0 Å². The number of benzene rings is 1. The lowest BCUT2D eigenvalue weighted by atomic mass is 10.1. The zero-order valence-corrected chi connectivity index (χ0v) is 11.4. The average Bonchev–Trinajstić information content (AvgIpc) is 2.33. The number of hydrogen-bond donors (Lipinski definition) is 1. The highest BCUT2D eigenvalue weighted by Crippen LogP contribution is 2.31. The minimum Gasteiger partial charge on any atom is -0.455 e. The van der Waals surface area contributed by atoms with Crippen molar-refractivity contribution in [2.75, 3.05) is 0 Å². The molecule has 2 N–H and O–H groups in total. The maximum Gasteiger partial charge on any atom is 0.147 e. The molecule has 1 heterocycles. The van der Waals surface area contributed by atoms with Crippen LogP contribution in [0.2, 0.25) is 5.02 Å². The summed E-state index contributed by atoms with van der Waals surface area (Å²) in [6.45, 7) is 3.44.